The SMILES string of the molecule is COc1c(C2(N)CC2)cc2c(c1Br)OCCO2. The molecule has 1 saturated carbocycles. The summed E-state index contributed by atoms with van der Waals surface area (Å²) in [5.74, 6) is 2.21. The number of fused-ring (bicyclic) bond motifs is 1. The van der Waals surface area contributed by atoms with Crippen LogP contribution in [0.25, 0.3) is 0 Å². The summed E-state index contributed by atoms with van der Waals surface area (Å²) in [4.78, 5) is 0. The molecule has 3 rings (SSSR count). The van der Waals surface area contributed by atoms with Crippen molar-refractivity contribution >= 4 is 15.9 Å². The predicted molar refractivity (Wildman–Crippen MR) is 66.8 cm³/mol. The highest BCUT2D eigenvalue weighted by Gasteiger charge is 2.44. The molecule has 1 fully saturated rings. The van der Waals surface area contributed by atoms with Gasteiger partial charge in [0.2, 0.25) is 0 Å². The van der Waals surface area contributed by atoms with E-state index in [9.17, 15) is 0 Å². The van der Waals surface area contributed by atoms with Crippen molar-refractivity contribution in [1.82, 2.24) is 0 Å². The summed E-state index contributed by atoms with van der Waals surface area (Å²) in [5, 5.41) is 0. The molecule has 0 aromatic heterocycles. The van der Waals surface area contributed by atoms with Gasteiger partial charge < -0.3 is 19.9 Å². The highest BCUT2D eigenvalue weighted by atomic mass is 79.9. The van der Waals surface area contributed by atoms with Crippen LogP contribution in [0.4, 0.5) is 0 Å². The van der Waals surface area contributed by atoms with Crippen LogP contribution >= 0.6 is 15.9 Å². The lowest BCUT2D eigenvalue weighted by molar-refractivity contribution is 0.169. The molecule has 0 spiro atoms. The topological polar surface area (TPSA) is 53.7 Å². The number of rotatable bonds is 2. The fourth-order valence-corrected chi connectivity index (χ4v) is 2.79. The Bertz CT molecular complexity index is 471. The van der Waals surface area contributed by atoms with Gasteiger partial charge in [0, 0.05) is 11.1 Å². The standard InChI is InChI=1S/C12H14BrNO3/c1-15-10-7(12(14)2-3-12)6-8-11(9(10)13)17-5-4-16-8/h6H,2-5,14H2,1H3. The van der Waals surface area contributed by atoms with Gasteiger partial charge in [-0.1, -0.05) is 0 Å². The fourth-order valence-electron chi connectivity index (χ4n) is 2.10. The minimum atomic E-state index is -0.260. The molecule has 0 radical (unpaired) electrons. The second-order valence-electron chi connectivity index (χ2n) is 4.45. The van der Waals surface area contributed by atoms with Crippen molar-refractivity contribution < 1.29 is 14.2 Å². The van der Waals surface area contributed by atoms with Crippen molar-refractivity contribution in [3.05, 3.63) is 16.1 Å². The van der Waals surface area contributed by atoms with Crippen molar-refractivity contribution in [2.75, 3.05) is 20.3 Å². The van der Waals surface area contributed by atoms with Crippen LogP contribution in [-0.4, -0.2) is 20.3 Å². The lowest BCUT2D eigenvalue weighted by atomic mass is 10.0. The third-order valence-corrected chi connectivity index (χ3v) is 3.98. The first kappa shape index (κ1) is 11.2. The van der Waals surface area contributed by atoms with Gasteiger partial charge in [0.25, 0.3) is 0 Å². The molecular weight excluding hydrogens is 286 g/mol. The minimum Gasteiger partial charge on any atom is -0.495 e. The van der Waals surface area contributed by atoms with Crippen LogP contribution in [0, 0.1) is 0 Å². The van der Waals surface area contributed by atoms with Gasteiger partial charge in [-0.2, -0.15) is 0 Å². The number of hydrogen-bond donors (Lipinski definition) is 1. The van der Waals surface area contributed by atoms with E-state index < -0.39 is 0 Å². The molecule has 5 heteroatoms. The monoisotopic (exact) mass is 299 g/mol. The summed E-state index contributed by atoms with van der Waals surface area (Å²) >= 11 is 3.51. The zero-order valence-corrected chi connectivity index (χ0v) is 11.2. The molecule has 4 nitrogen and oxygen atoms in total. The molecule has 0 amide bonds. The molecule has 0 bridgehead atoms. The van der Waals surface area contributed by atoms with Crippen LogP contribution in [0.15, 0.2) is 10.5 Å². The second-order valence-corrected chi connectivity index (χ2v) is 5.24. The highest BCUT2D eigenvalue weighted by Crippen LogP contribution is 2.53. The number of ether oxygens (including phenoxy) is 3. The van der Waals surface area contributed by atoms with Crippen LogP contribution in [0.3, 0.4) is 0 Å². The largest absolute Gasteiger partial charge is 0.495 e. The first-order chi connectivity index (χ1) is 8.15. The van der Waals surface area contributed by atoms with E-state index in [1.54, 1.807) is 7.11 Å². The average Bonchev–Trinajstić information content (AvgIpc) is 3.08. The smallest absolute Gasteiger partial charge is 0.179 e. The first-order valence-corrected chi connectivity index (χ1v) is 6.40. The molecule has 17 heavy (non-hydrogen) atoms. The third kappa shape index (κ3) is 1.68. The number of nitrogens with two attached hydrogens (primary N) is 1. The van der Waals surface area contributed by atoms with Crippen molar-refractivity contribution in [3.63, 3.8) is 0 Å². The average molecular weight is 300 g/mol. The second kappa shape index (κ2) is 3.78. The quantitative estimate of drug-likeness (QED) is 0.909. The lowest BCUT2D eigenvalue weighted by Crippen LogP contribution is -2.22. The number of hydrogen-bond acceptors (Lipinski definition) is 4. The molecule has 1 aromatic rings. The van der Waals surface area contributed by atoms with Gasteiger partial charge in [0.05, 0.1) is 7.11 Å². The Morgan fingerprint density at radius 1 is 1.35 bits per heavy atom. The number of benzene rings is 1. The Kier molecular flexibility index (Phi) is 2.48. The van der Waals surface area contributed by atoms with Crippen LogP contribution < -0.4 is 19.9 Å². The van der Waals surface area contributed by atoms with Crippen LogP contribution in [0.2, 0.25) is 0 Å². The van der Waals surface area contributed by atoms with E-state index in [1.165, 1.54) is 0 Å². The molecule has 0 atom stereocenters. The summed E-state index contributed by atoms with van der Waals surface area (Å²) in [6.07, 6.45) is 1.96. The summed E-state index contributed by atoms with van der Waals surface area (Å²) in [7, 11) is 1.64. The predicted octanol–water partition coefficient (Wildman–Crippen LogP) is 2.18. The first-order valence-electron chi connectivity index (χ1n) is 5.61. The van der Waals surface area contributed by atoms with E-state index in [-0.39, 0.29) is 5.54 Å². The molecule has 0 unspecified atom stereocenters. The molecule has 2 N–H and O–H groups in total. The maximum absolute atomic E-state index is 6.25. The van der Waals surface area contributed by atoms with E-state index >= 15 is 0 Å². The Morgan fingerprint density at radius 2 is 2.06 bits per heavy atom. The minimum absolute atomic E-state index is 0.260. The normalized spacial score (nSPS) is 19.9. The van der Waals surface area contributed by atoms with E-state index in [1.807, 2.05) is 6.07 Å². The number of halogens is 1. The maximum Gasteiger partial charge on any atom is 0.179 e. The Labute approximate surface area is 108 Å². The molecule has 1 heterocycles. The van der Waals surface area contributed by atoms with Gasteiger partial charge in [-0.05, 0) is 34.8 Å². The summed E-state index contributed by atoms with van der Waals surface area (Å²) in [5.41, 5.74) is 6.99. The van der Waals surface area contributed by atoms with Gasteiger partial charge in [-0.15, -0.1) is 0 Å². The molecule has 1 aliphatic carbocycles. The zero-order valence-electron chi connectivity index (χ0n) is 9.59. The Hall–Kier alpha value is -0.940. The van der Waals surface area contributed by atoms with Gasteiger partial charge >= 0.3 is 0 Å². The van der Waals surface area contributed by atoms with E-state index in [4.69, 9.17) is 19.9 Å². The van der Waals surface area contributed by atoms with E-state index in [2.05, 4.69) is 15.9 Å². The van der Waals surface area contributed by atoms with E-state index in [0.717, 1.165) is 34.4 Å². The fraction of sp³-hybridized carbons (Fsp3) is 0.500. The molecule has 2 aliphatic rings. The Balaban J connectivity index is 2.18. The third-order valence-electron chi connectivity index (χ3n) is 3.26. The van der Waals surface area contributed by atoms with Gasteiger partial charge in [-0.25, -0.2) is 0 Å². The summed E-state index contributed by atoms with van der Waals surface area (Å²) < 4.78 is 17.4. The van der Waals surface area contributed by atoms with Crippen molar-refractivity contribution in [2.45, 2.75) is 18.4 Å². The van der Waals surface area contributed by atoms with Gasteiger partial charge in [0.1, 0.15) is 23.4 Å². The maximum atomic E-state index is 6.25. The molecule has 92 valence electrons. The van der Waals surface area contributed by atoms with Gasteiger partial charge in [0.15, 0.2) is 11.5 Å². The summed E-state index contributed by atoms with van der Waals surface area (Å²) in [6.45, 7) is 1.13. The number of methoxy groups -OCH3 is 1. The molecule has 1 aromatic carbocycles. The Morgan fingerprint density at radius 3 is 2.71 bits per heavy atom. The van der Waals surface area contributed by atoms with Crippen molar-refractivity contribution in [2.24, 2.45) is 5.73 Å². The summed E-state index contributed by atoms with van der Waals surface area (Å²) in [6, 6.07) is 1.95. The van der Waals surface area contributed by atoms with Crippen LogP contribution in [-0.2, 0) is 5.54 Å². The van der Waals surface area contributed by atoms with Crippen molar-refractivity contribution in [3.8, 4) is 17.2 Å². The highest BCUT2D eigenvalue weighted by molar-refractivity contribution is 9.10. The van der Waals surface area contributed by atoms with Gasteiger partial charge in [-0.3, -0.25) is 0 Å². The van der Waals surface area contributed by atoms with Crippen LogP contribution in [0.1, 0.15) is 18.4 Å². The zero-order chi connectivity index (χ0) is 12.0. The van der Waals surface area contributed by atoms with Crippen LogP contribution in [0.5, 0.6) is 17.2 Å². The van der Waals surface area contributed by atoms with Crippen molar-refractivity contribution in [1.29, 1.82) is 0 Å². The van der Waals surface area contributed by atoms with E-state index in [0.29, 0.717) is 19.0 Å². The molecular formula is C12H14BrNO3. The lowest BCUT2D eigenvalue weighted by Gasteiger charge is -2.24. The molecule has 0 saturated heterocycles. The molecule has 1 aliphatic heterocycles.